The number of methoxy groups -OCH3 is 1. The van der Waals surface area contributed by atoms with Crippen LogP contribution in [0.4, 0.5) is 0 Å². The Labute approximate surface area is 163 Å². The SMILES string of the molecule is CCCOc1cc(/C=N\n2c(Cc3ccccc3)n[nH]c2=S)ccc1OC. The van der Waals surface area contributed by atoms with Crippen molar-refractivity contribution in [2.45, 2.75) is 19.8 Å². The van der Waals surface area contributed by atoms with Crippen molar-refractivity contribution in [1.82, 2.24) is 14.9 Å². The minimum Gasteiger partial charge on any atom is -0.493 e. The van der Waals surface area contributed by atoms with E-state index in [0.717, 1.165) is 23.4 Å². The summed E-state index contributed by atoms with van der Waals surface area (Å²) in [6.07, 6.45) is 3.30. The first kappa shape index (κ1) is 18.8. The summed E-state index contributed by atoms with van der Waals surface area (Å²) in [5, 5.41) is 11.6. The molecule has 1 aromatic heterocycles. The van der Waals surface area contributed by atoms with Gasteiger partial charge >= 0.3 is 0 Å². The lowest BCUT2D eigenvalue weighted by Crippen LogP contribution is -2.01. The van der Waals surface area contributed by atoms with Gasteiger partial charge in [0, 0.05) is 6.42 Å². The number of benzene rings is 2. The summed E-state index contributed by atoms with van der Waals surface area (Å²) >= 11 is 5.31. The fraction of sp³-hybridized carbons (Fsp3) is 0.250. The van der Waals surface area contributed by atoms with Gasteiger partial charge in [0.05, 0.1) is 19.9 Å². The third-order valence-electron chi connectivity index (χ3n) is 3.89. The lowest BCUT2D eigenvalue weighted by Gasteiger charge is -2.10. The molecule has 0 atom stereocenters. The second-order valence-corrected chi connectivity index (χ2v) is 6.31. The van der Waals surface area contributed by atoms with E-state index in [1.807, 2.05) is 48.5 Å². The van der Waals surface area contributed by atoms with Crippen LogP contribution < -0.4 is 9.47 Å². The molecule has 27 heavy (non-hydrogen) atoms. The van der Waals surface area contributed by atoms with Crippen molar-refractivity contribution < 1.29 is 9.47 Å². The van der Waals surface area contributed by atoms with Crippen molar-refractivity contribution in [3.8, 4) is 11.5 Å². The molecular weight excluding hydrogens is 360 g/mol. The van der Waals surface area contributed by atoms with Gasteiger partial charge in [-0.3, -0.25) is 5.10 Å². The van der Waals surface area contributed by atoms with Gasteiger partial charge < -0.3 is 9.47 Å². The molecule has 1 heterocycles. The molecule has 0 aliphatic rings. The summed E-state index contributed by atoms with van der Waals surface area (Å²) in [5.41, 5.74) is 2.03. The first-order chi connectivity index (χ1) is 13.2. The molecule has 0 fully saturated rings. The summed E-state index contributed by atoms with van der Waals surface area (Å²) in [4.78, 5) is 0. The molecule has 2 aromatic carbocycles. The molecule has 1 N–H and O–H groups in total. The van der Waals surface area contributed by atoms with Crippen molar-refractivity contribution in [3.63, 3.8) is 0 Å². The number of aromatic amines is 1. The highest BCUT2D eigenvalue weighted by Gasteiger charge is 2.07. The summed E-state index contributed by atoms with van der Waals surface area (Å²) in [5.74, 6) is 2.15. The second kappa shape index (κ2) is 9.14. The fourth-order valence-corrected chi connectivity index (χ4v) is 2.76. The van der Waals surface area contributed by atoms with Gasteiger partial charge in [0.25, 0.3) is 0 Å². The van der Waals surface area contributed by atoms with Crippen LogP contribution >= 0.6 is 12.2 Å². The Morgan fingerprint density at radius 3 is 2.74 bits per heavy atom. The van der Waals surface area contributed by atoms with E-state index in [1.165, 1.54) is 0 Å². The Morgan fingerprint density at radius 2 is 2.00 bits per heavy atom. The van der Waals surface area contributed by atoms with Crippen molar-refractivity contribution in [2.24, 2.45) is 5.10 Å². The van der Waals surface area contributed by atoms with Gasteiger partial charge in [-0.2, -0.15) is 14.9 Å². The predicted molar refractivity (Wildman–Crippen MR) is 108 cm³/mol. The highest BCUT2D eigenvalue weighted by Crippen LogP contribution is 2.27. The third kappa shape index (κ3) is 4.83. The average molecular weight is 382 g/mol. The number of H-pyrrole nitrogens is 1. The normalized spacial score (nSPS) is 11.0. The number of rotatable bonds is 8. The molecule has 0 aliphatic heterocycles. The van der Waals surface area contributed by atoms with E-state index in [0.29, 0.717) is 29.3 Å². The quantitative estimate of drug-likeness (QED) is 0.468. The van der Waals surface area contributed by atoms with Gasteiger partial charge in [-0.25, -0.2) is 0 Å². The van der Waals surface area contributed by atoms with Gasteiger partial charge in [0.2, 0.25) is 4.77 Å². The maximum atomic E-state index is 5.75. The van der Waals surface area contributed by atoms with Crippen LogP contribution in [0, 0.1) is 4.77 Å². The van der Waals surface area contributed by atoms with E-state index < -0.39 is 0 Å². The van der Waals surface area contributed by atoms with Gasteiger partial charge in [-0.05, 0) is 48.0 Å². The number of nitrogens with one attached hydrogen (secondary N) is 1. The number of ether oxygens (including phenoxy) is 2. The van der Waals surface area contributed by atoms with Crippen LogP contribution in [-0.4, -0.2) is 34.8 Å². The van der Waals surface area contributed by atoms with Crippen LogP contribution in [0.1, 0.15) is 30.3 Å². The van der Waals surface area contributed by atoms with Crippen molar-refractivity contribution in [1.29, 1.82) is 0 Å². The molecule has 3 rings (SSSR count). The minimum atomic E-state index is 0.452. The standard InChI is InChI=1S/C20H22N4O2S/c1-3-11-26-18-12-16(9-10-17(18)25-2)14-21-24-19(22-23-20(24)27)13-15-7-5-4-6-8-15/h4-10,12,14H,3,11,13H2,1-2H3,(H,23,27)/b21-14-. The average Bonchev–Trinajstić information content (AvgIpc) is 3.04. The molecule has 0 amide bonds. The highest BCUT2D eigenvalue weighted by atomic mass is 32.1. The van der Waals surface area contributed by atoms with E-state index in [1.54, 1.807) is 18.0 Å². The first-order valence-electron chi connectivity index (χ1n) is 8.76. The van der Waals surface area contributed by atoms with E-state index in [4.69, 9.17) is 21.7 Å². The molecule has 0 unspecified atom stereocenters. The zero-order valence-corrected chi connectivity index (χ0v) is 16.2. The number of nitrogens with zero attached hydrogens (tertiary/aromatic N) is 3. The molecule has 3 aromatic rings. The van der Waals surface area contributed by atoms with Crippen molar-refractivity contribution in [3.05, 3.63) is 70.3 Å². The van der Waals surface area contributed by atoms with E-state index in [2.05, 4.69) is 22.2 Å². The summed E-state index contributed by atoms with van der Waals surface area (Å²) in [6.45, 7) is 2.69. The third-order valence-corrected chi connectivity index (χ3v) is 4.16. The molecule has 0 spiro atoms. The lowest BCUT2D eigenvalue weighted by atomic mass is 10.1. The van der Waals surface area contributed by atoms with Gasteiger partial charge in [-0.1, -0.05) is 37.3 Å². The Kier molecular flexibility index (Phi) is 6.38. The zero-order valence-electron chi connectivity index (χ0n) is 15.4. The molecule has 0 radical (unpaired) electrons. The Bertz CT molecular complexity index is 964. The lowest BCUT2D eigenvalue weighted by molar-refractivity contribution is 0.294. The minimum absolute atomic E-state index is 0.452. The predicted octanol–water partition coefficient (Wildman–Crippen LogP) is 4.21. The number of aromatic nitrogens is 3. The van der Waals surface area contributed by atoms with Gasteiger partial charge in [-0.15, -0.1) is 0 Å². The number of hydrogen-bond acceptors (Lipinski definition) is 5. The topological polar surface area (TPSA) is 64.4 Å². The van der Waals surface area contributed by atoms with Crippen LogP contribution in [0.25, 0.3) is 0 Å². The molecule has 140 valence electrons. The Morgan fingerprint density at radius 1 is 1.19 bits per heavy atom. The molecule has 6 nitrogen and oxygen atoms in total. The molecule has 0 saturated carbocycles. The van der Waals surface area contributed by atoms with Crippen LogP contribution in [0.5, 0.6) is 11.5 Å². The zero-order chi connectivity index (χ0) is 19.1. The molecule has 0 aliphatic carbocycles. The highest BCUT2D eigenvalue weighted by molar-refractivity contribution is 7.71. The fourth-order valence-electron chi connectivity index (χ4n) is 2.56. The Hall–Kier alpha value is -2.93. The van der Waals surface area contributed by atoms with E-state index >= 15 is 0 Å². The second-order valence-electron chi connectivity index (χ2n) is 5.92. The maximum absolute atomic E-state index is 5.75. The molecule has 0 saturated heterocycles. The summed E-state index contributed by atoms with van der Waals surface area (Å²) in [6, 6.07) is 15.8. The first-order valence-corrected chi connectivity index (χ1v) is 9.17. The van der Waals surface area contributed by atoms with Crippen molar-refractivity contribution in [2.75, 3.05) is 13.7 Å². The Balaban J connectivity index is 1.84. The molecule has 7 heteroatoms. The smallest absolute Gasteiger partial charge is 0.216 e. The number of hydrogen-bond donors (Lipinski definition) is 1. The maximum Gasteiger partial charge on any atom is 0.216 e. The monoisotopic (exact) mass is 382 g/mol. The van der Waals surface area contributed by atoms with Gasteiger partial charge in [0.1, 0.15) is 0 Å². The van der Waals surface area contributed by atoms with Crippen LogP contribution in [0.2, 0.25) is 0 Å². The van der Waals surface area contributed by atoms with Crippen LogP contribution in [0.15, 0.2) is 53.6 Å². The molecular formula is C20H22N4O2S. The van der Waals surface area contributed by atoms with E-state index in [-0.39, 0.29) is 0 Å². The molecule has 0 bridgehead atoms. The largest absolute Gasteiger partial charge is 0.493 e. The van der Waals surface area contributed by atoms with E-state index in [9.17, 15) is 0 Å². The summed E-state index contributed by atoms with van der Waals surface area (Å²) in [7, 11) is 1.63. The van der Waals surface area contributed by atoms with Crippen LogP contribution in [0.3, 0.4) is 0 Å². The van der Waals surface area contributed by atoms with Crippen molar-refractivity contribution >= 4 is 18.4 Å². The van der Waals surface area contributed by atoms with Crippen LogP contribution in [-0.2, 0) is 6.42 Å². The summed E-state index contributed by atoms with van der Waals surface area (Å²) < 4.78 is 13.2. The van der Waals surface area contributed by atoms with Gasteiger partial charge in [0.15, 0.2) is 17.3 Å².